The van der Waals surface area contributed by atoms with Gasteiger partial charge in [-0.05, 0) is 77.0 Å². The average molecular weight is 850 g/mol. The van der Waals surface area contributed by atoms with Gasteiger partial charge in [-0.1, -0.05) is 169 Å². The highest BCUT2D eigenvalue weighted by molar-refractivity contribution is 5.70. The molecule has 0 aromatic heterocycles. The smallest absolute Gasteiger partial charge is 0.306 e. The van der Waals surface area contributed by atoms with Crippen LogP contribution in [0.3, 0.4) is 0 Å². The van der Waals surface area contributed by atoms with Gasteiger partial charge in [0.25, 0.3) is 0 Å². The zero-order valence-corrected chi connectivity index (χ0v) is 39.3. The summed E-state index contributed by atoms with van der Waals surface area (Å²) in [5, 5.41) is 11.6. The fourth-order valence-corrected chi connectivity index (χ4v) is 6.37. The van der Waals surface area contributed by atoms with Crippen LogP contribution in [0.5, 0.6) is 0 Å². The van der Waals surface area contributed by atoms with Gasteiger partial charge in [0.05, 0.1) is 40.3 Å². The van der Waals surface area contributed by atoms with E-state index in [9.17, 15) is 19.5 Å². The second-order valence-corrected chi connectivity index (χ2v) is 16.7. The number of nitrogens with zero attached hydrogens (tertiary/aromatic N) is 1. The van der Waals surface area contributed by atoms with E-state index in [2.05, 4.69) is 105 Å². The number of carbonyl (C=O) groups is 3. The monoisotopic (exact) mass is 850 g/mol. The summed E-state index contributed by atoms with van der Waals surface area (Å²) in [5.41, 5.74) is 0. The lowest BCUT2D eigenvalue weighted by Crippen LogP contribution is -2.55. The number of unbranched alkanes of at least 4 members (excludes halogenated alkanes) is 14. The van der Waals surface area contributed by atoms with Crippen molar-refractivity contribution in [2.24, 2.45) is 0 Å². The molecular weight excluding hydrogens is 763 g/mol. The van der Waals surface area contributed by atoms with Crippen molar-refractivity contribution in [1.29, 1.82) is 0 Å². The zero-order chi connectivity index (χ0) is 44.9. The highest BCUT2D eigenvalue weighted by atomic mass is 16.6. The Labute approximate surface area is 373 Å². The molecule has 0 N–H and O–H groups in total. The molecule has 0 saturated heterocycles. The number of rotatable bonds is 41. The van der Waals surface area contributed by atoms with E-state index in [-0.39, 0.29) is 49.1 Å². The van der Waals surface area contributed by atoms with Gasteiger partial charge in [0.15, 0.2) is 6.10 Å². The van der Waals surface area contributed by atoms with Gasteiger partial charge in [0.1, 0.15) is 12.6 Å². The first-order valence-corrected chi connectivity index (χ1v) is 23.8. The first kappa shape index (κ1) is 57.2. The number of likely N-dealkylation sites (N-methyl/N-ethyl adjacent to an activating group) is 1. The van der Waals surface area contributed by atoms with Gasteiger partial charge in [0.2, 0.25) is 0 Å². The summed E-state index contributed by atoms with van der Waals surface area (Å²) in [5.74, 6) is -1.80. The Balaban J connectivity index is 4.40. The van der Waals surface area contributed by atoms with Crippen LogP contribution in [0.2, 0.25) is 0 Å². The summed E-state index contributed by atoms with van der Waals surface area (Å²) >= 11 is 0. The lowest BCUT2D eigenvalue weighted by molar-refractivity contribution is -0.889. The Morgan fingerprint density at radius 2 is 0.984 bits per heavy atom. The Bertz CT molecular complexity index is 1310. The molecule has 0 radical (unpaired) electrons. The summed E-state index contributed by atoms with van der Waals surface area (Å²) in [6.07, 6.45) is 57.1. The van der Waals surface area contributed by atoms with Crippen LogP contribution >= 0.6 is 0 Å². The van der Waals surface area contributed by atoms with Crippen molar-refractivity contribution in [1.82, 2.24) is 0 Å². The molecule has 0 heterocycles. The molecule has 2 unspecified atom stereocenters. The third-order valence-corrected chi connectivity index (χ3v) is 10.0. The van der Waals surface area contributed by atoms with Crippen LogP contribution in [0.4, 0.5) is 0 Å². The number of aliphatic carboxylic acids is 1. The van der Waals surface area contributed by atoms with Gasteiger partial charge >= 0.3 is 11.9 Å². The highest BCUT2D eigenvalue weighted by Crippen LogP contribution is 2.13. The molecule has 8 nitrogen and oxygen atoms in total. The van der Waals surface area contributed by atoms with Crippen molar-refractivity contribution in [3.63, 3.8) is 0 Å². The minimum absolute atomic E-state index is 0.0199. The largest absolute Gasteiger partial charge is 0.544 e. The maximum atomic E-state index is 12.8. The van der Waals surface area contributed by atoms with E-state index in [1.165, 1.54) is 32.1 Å². The lowest BCUT2D eigenvalue weighted by Gasteiger charge is -2.34. The molecule has 0 fully saturated rings. The maximum Gasteiger partial charge on any atom is 0.306 e. The topological polar surface area (TPSA) is 102 Å². The van der Waals surface area contributed by atoms with Crippen LogP contribution in [0, 0.1) is 0 Å². The molecule has 346 valence electrons. The summed E-state index contributed by atoms with van der Waals surface area (Å²) < 4.78 is 17.2. The van der Waals surface area contributed by atoms with Gasteiger partial charge < -0.3 is 28.6 Å². The molecule has 0 aliphatic carbocycles. The molecule has 0 aromatic rings. The van der Waals surface area contributed by atoms with Gasteiger partial charge in [-0.25, -0.2) is 0 Å². The number of hydrogen-bond acceptors (Lipinski definition) is 7. The molecule has 0 amide bonds. The van der Waals surface area contributed by atoms with Crippen LogP contribution in [0.25, 0.3) is 0 Å². The average Bonchev–Trinajstić information content (AvgIpc) is 3.22. The van der Waals surface area contributed by atoms with Crippen LogP contribution < -0.4 is 5.11 Å². The number of ether oxygens (including phenoxy) is 3. The van der Waals surface area contributed by atoms with E-state index < -0.39 is 18.1 Å². The minimum atomic E-state index is -1.14. The van der Waals surface area contributed by atoms with E-state index >= 15 is 0 Å². The number of allylic oxidation sites excluding steroid dienone is 16. The number of carboxylic acid groups (broad SMARTS) is 1. The van der Waals surface area contributed by atoms with E-state index in [0.29, 0.717) is 6.42 Å². The molecule has 2 atom stereocenters. The lowest BCUT2D eigenvalue weighted by atomic mass is 10.1. The fraction of sp³-hybridized carbons (Fsp3) is 0.642. The normalized spacial score (nSPS) is 13.8. The summed E-state index contributed by atoms with van der Waals surface area (Å²) in [6.45, 7) is 4.46. The third-order valence-electron chi connectivity index (χ3n) is 10.0. The van der Waals surface area contributed by atoms with Gasteiger partial charge in [-0.15, -0.1) is 0 Å². The Morgan fingerprint density at radius 1 is 0.525 bits per heavy atom. The first-order chi connectivity index (χ1) is 29.6. The fourth-order valence-electron chi connectivity index (χ4n) is 6.37. The van der Waals surface area contributed by atoms with E-state index in [4.69, 9.17) is 14.2 Å². The van der Waals surface area contributed by atoms with E-state index in [1.54, 1.807) is 21.1 Å². The highest BCUT2D eigenvalue weighted by Gasteiger charge is 2.25. The molecule has 0 aliphatic heterocycles. The molecule has 8 heteroatoms. The standard InChI is InChI=1S/C53H87NO7/c1-6-8-10-12-14-16-18-20-22-24-26-28-29-31-33-35-37-39-41-43-51(55)60-48-49(47-59-46-45-50(53(57)58)54(3,4)5)61-52(56)44-42-40-38-36-34-32-30-27-25-23-21-19-17-15-13-11-9-7-2/h8,10,14-17,19-23,25-28,30,49-50H,6-7,9,11-13,18,24,29,31-48H2,1-5H3/b10-8+,16-14+,17-15+,21-19+,22-20+,25-23+,28-26+,30-27+. The maximum absolute atomic E-state index is 12.8. The number of carbonyl (C=O) groups excluding carboxylic acids is 3. The number of esters is 2. The van der Waals surface area contributed by atoms with Crippen molar-refractivity contribution >= 4 is 17.9 Å². The molecule has 0 rings (SSSR count). The van der Waals surface area contributed by atoms with Gasteiger partial charge in [-0.2, -0.15) is 0 Å². The summed E-state index contributed by atoms with van der Waals surface area (Å²) in [6, 6.07) is -0.739. The molecule has 0 bridgehead atoms. The number of carboxylic acids is 1. The van der Waals surface area contributed by atoms with E-state index in [1.807, 2.05) is 6.08 Å². The molecule has 61 heavy (non-hydrogen) atoms. The second-order valence-electron chi connectivity index (χ2n) is 16.7. The quantitative estimate of drug-likeness (QED) is 0.0198. The van der Waals surface area contributed by atoms with Crippen molar-refractivity contribution in [2.45, 2.75) is 180 Å². The Kier molecular flexibility index (Phi) is 40.3. The predicted octanol–water partition coefficient (Wildman–Crippen LogP) is 12.1. The van der Waals surface area contributed by atoms with Gasteiger partial charge in [-0.3, -0.25) is 9.59 Å². The molecule has 0 aliphatic rings. The van der Waals surface area contributed by atoms with Gasteiger partial charge in [0, 0.05) is 19.3 Å². The Hall–Kier alpha value is -3.75. The van der Waals surface area contributed by atoms with Crippen molar-refractivity contribution in [3.05, 3.63) is 97.2 Å². The number of hydrogen-bond donors (Lipinski definition) is 0. The molecule has 0 aromatic carbocycles. The van der Waals surface area contributed by atoms with Crippen LogP contribution in [0.1, 0.15) is 168 Å². The van der Waals surface area contributed by atoms with Crippen LogP contribution in [-0.2, 0) is 28.6 Å². The summed E-state index contributed by atoms with van der Waals surface area (Å²) in [4.78, 5) is 37.0. The van der Waals surface area contributed by atoms with Crippen molar-refractivity contribution in [2.75, 3.05) is 41.0 Å². The van der Waals surface area contributed by atoms with Crippen LogP contribution in [0.15, 0.2) is 97.2 Å². The van der Waals surface area contributed by atoms with Crippen molar-refractivity contribution < 1.29 is 38.2 Å². The number of quaternary nitrogens is 1. The predicted molar refractivity (Wildman–Crippen MR) is 254 cm³/mol. The molecule has 0 saturated carbocycles. The van der Waals surface area contributed by atoms with E-state index in [0.717, 1.165) is 103 Å². The third kappa shape index (κ3) is 41.4. The van der Waals surface area contributed by atoms with Crippen molar-refractivity contribution in [3.8, 4) is 0 Å². The first-order valence-electron chi connectivity index (χ1n) is 23.8. The minimum Gasteiger partial charge on any atom is -0.544 e. The second kappa shape index (κ2) is 42.9. The molecule has 0 spiro atoms. The Morgan fingerprint density at radius 3 is 1.51 bits per heavy atom. The summed E-state index contributed by atoms with van der Waals surface area (Å²) in [7, 11) is 5.39. The van der Waals surface area contributed by atoms with Crippen LogP contribution in [-0.4, -0.2) is 75.5 Å². The zero-order valence-electron chi connectivity index (χ0n) is 39.3. The molecular formula is C53H87NO7. The SMILES string of the molecule is CC/C=C/C/C=C/C/C=C/C/C=C/CCCCCCCCC(=O)OCC(COCCC(C(=O)[O-])[N+](C)(C)C)OC(=O)CCCCCCC/C=C/C=C/C=C/C=C/CCCCC.